The van der Waals surface area contributed by atoms with Crippen molar-refractivity contribution in [3.8, 4) is 0 Å². The number of carbonyl (C=O) groups is 2. The van der Waals surface area contributed by atoms with Crippen LogP contribution in [0.3, 0.4) is 0 Å². The van der Waals surface area contributed by atoms with E-state index in [9.17, 15) is 9.59 Å². The molecule has 0 radical (unpaired) electrons. The maximum absolute atomic E-state index is 11.0. The van der Waals surface area contributed by atoms with Gasteiger partial charge in [-0.15, -0.1) is 22.7 Å². The molecule has 0 aliphatic rings. The Morgan fingerprint density at radius 2 is 1.38 bits per heavy atom. The number of primary amides is 2. The van der Waals surface area contributed by atoms with Crippen molar-refractivity contribution >= 4 is 73.4 Å². The molecule has 4 aromatic heterocycles. The van der Waals surface area contributed by atoms with Gasteiger partial charge in [-0.1, -0.05) is 12.1 Å². The van der Waals surface area contributed by atoms with Crippen LogP contribution in [-0.2, 0) is 6.42 Å². The Labute approximate surface area is 234 Å². The zero-order chi connectivity index (χ0) is 28.1. The minimum Gasteiger partial charge on any atom is -0.440 e. The summed E-state index contributed by atoms with van der Waals surface area (Å²) in [7, 11) is 0. The second-order valence-corrected chi connectivity index (χ2v) is 10.3. The van der Waals surface area contributed by atoms with Crippen LogP contribution in [0.2, 0.25) is 5.35 Å². The summed E-state index contributed by atoms with van der Waals surface area (Å²) >= 11 is 8.13. The molecule has 6 aromatic rings. The van der Waals surface area contributed by atoms with E-state index in [4.69, 9.17) is 37.6 Å². The minimum atomic E-state index is -0.539. The fourth-order valence-corrected chi connectivity index (χ4v) is 4.70. The number of fused-ring (bicyclic) bond motifs is 2. The highest BCUT2D eigenvalue weighted by atomic mass is 35.5. The average molecular weight is 584 g/mol. The molecule has 2 amide bonds. The molecular weight excluding hydrogens is 562 g/mol. The van der Waals surface area contributed by atoms with Crippen molar-refractivity contribution in [3.05, 3.63) is 85.9 Å². The van der Waals surface area contributed by atoms with E-state index in [2.05, 4.69) is 19.9 Å². The molecule has 4 heterocycles. The van der Waals surface area contributed by atoms with Crippen molar-refractivity contribution < 1.29 is 18.4 Å². The number of nitrogen functional groups attached to an aromatic ring is 1. The van der Waals surface area contributed by atoms with Crippen molar-refractivity contribution in [2.45, 2.75) is 20.3 Å². The van der Waals surface area contributed by atoms with Gasteiger partial charge in [-0.3, -0.25) is 9.59 Å². The summed E-state index contributed by atoms with van der Waals surface area (Å²) in [6.07, 6.45) is 0.464. The third-order valence-corrected chi connectivity index (χ3v) is 6.67. The van der Waals surface area contributed by atoms with Gasteiger partial charge in [-0.05, 0) is 60.8 Å². The number of nitrogens with two attached hydrogens (primary N) is 3. The van der Waals surface area contributed by atoms with Crippen LogP contribution in [0.25, 0.3) is 22.2 Å². The molecule has 2 aromatic carbocycles. The van der Waals surface area contributed by atoms with Gasteiger partial charge < -0.3 is 26.0 Å². The number of hydrogen-bond acceptors (Lipinski definition) is 11. The number of rotatable bonds is 4. The number of anilines is 1. The summed E-state index contributed by atoms with van der Waals surface area (Å²) in [6.45, 7) is 4.00. The minimum absolute atomic E-state index is 0.200. The quantitative estimate of drug-likeness (QED) is 0.259. The second kappa shape index (κ2) is 12.0. The predicted molar refractivity (Wildman–Crippen MR) is 151 cm³/mol. The van der Waals surface area contributed by atoms with E-state index in [1.807, 2.05) is 50.2 Å². The molecule has 0 fully saturated rings. The first-order valence-electron chi connectivity index (χ1n) is 11.2. The number of benzene rings is 2. The van der Waals surface area contributed by atoms with Gasteiger partial charge in [-0.2, -0.15) is 4.98 Å². The zero-order valence-electron chi connectivity index (χ0n) is 20.7. The maximum Gasteiger partial charge on any atom is 0.293 e. The number of aromatic nitrogens is 4. The Balaban J connectivity index is 0.000000149. The topological polar surface area (TPSA) is 190 Å². The molecule has 6 rings (SSSR count). The summed E-state index contributed by atoms with van der Waals surface area (Å²) in [6, 6.07) is 11.6. The van der Waals surface area contributed by atoms with Gasteiger partial charge in [-0.25, -0.2) is 15.0 Å². The maximum atomic E-state index is 11.0. The number of aryl methyl sites for hydroxylation is 2. The van der Waals surface area contributed by atoms with E-state index in [1.54, 1.807) is 5.38 Å². The van der Waals surface area contributed by atoms with Crippen LogP contribution in [-0.4, -0.2) is 31.8 Å². The lowest BCUT2D eigenvalue weighted by Gasteiger charge is -1.89. The third kappa shape index (κ3) is 7.37. The first-order chi connectivity index (χ1) is 18.6. The largest absolute Gasteiger partial charge is 0.440 e. The Morgan fingerprint density at radius 1 is 0.821 bits per heavy atom. The van der Waals surface area contributed by atoms with Gasteiger partial charge in [0.15, 0.2) is 16.3 Å². The van der Waals surface area contributed by atoms with Crippen molar-refractivity contribution in [2.24, 2.45) is 11.5 Å². The molecule has 0 aliphatic carbocycles. The van der Waals surface area contributed by atoms with E-state index in [1.165, 1.54) is 28.1 Å². The van der Waals surface area contributed by atoms with Crippen molar-refractivity contribution in [3.63, 3.8) is 0 Å². The van der Waals surface area contributed by atoms with E-state index in [-0.39, 0.29) is 16.7 Å². The van der Waals surface area contributed by atoms with Crippen LogP contribution in [0, 0.1) is 13.8 Å². The van der Waals surface area contributed by atoms with E-state index >= 15 is 0 Å². The molecule has 6 N–H and O–H groups in total. The summed E-state index contributed by atoms with van der Waals surface area (Å²) in [5.41, 5.74) is 21.2. The smallest absolute Gasteiger partial charge is 0.293 e. The molecule has 0 atom stereocenters. The summed E-state index contributed by atoms with van der Waals surface area (Å²) in [4.78, 5) is 37.4. The van der Waals surface area contributed by atoms with Crippen molar-refractivity contribution in [1.82, 2.24) is 19.9 Å². The second-order valence-electron chi connectivity index (χ2n) is 8.12. The van der Waals surface area contributed by atoms with Gasteiger partial charge in [0.05, 0.1) is 6.42 Å². The summed E-state index contributed by atoms with van der Waals surface area (Å²) in [5, 5.41) is 4.49. The van der Waals surface area contributed by atoms with Crippen LogP contribution in [0.1, 0.15) is 43.0 Å². The Morgan fingerprint density at radius 3 is 1.92 bits per heavy atom. The van der Waals surface area contributed by atoms with Crippen LogP contribution < -0.4 is 17.2 Å². The van der Waals surface area contributed by atoms with Gasteiger partial charge in [0.2, 0.25) is 5.89 Å². The number of nitrogens with zero attached hydrogens (tertiary/aromatic N) is 4. The van der Waals surface area contributed by atoms with Crippen LogP contribution in [0.15, 0.2) is 56.0 Å². The first-order valence-corrected chi connectivity index (χ1v) is 13.3. The Hall–Kier alpha value is -4.33. The van der Waals surface area contributed by atoms with Gasteiger partial charge >= 0.3 is 0 Å². The highest BCUT2D eigenvalue weighted by Gasteiger charge is 2.11. The summed E-state index contributed by atoms with van der Waals surface area (Å²) < 4.78 is 10.8. The fraction of sp³-hybridized carbons (Fsp3) is 0.120. The number of carbonyl (C=O) groups excluding carboxylic acids is 2. The molecule has 0 saturated carbocycles. The number of hydrogen-bond donors (Lipinski definition) is 3. The molecule has 0 aliphatic heterocycles. The molecule has 14 heteroatoms. The SMILES string of the molecule is Cc1ccc2nc(Cc3nc(C(N)=O)cs3)oc2c1.Cc1ccc2nc(Cl)oc2c1.NC(=O)c1csc(N)n1. The van der Waals surface area contributed by atoms with E-state index in [0.29, 0.717) is 17.4 Å². The number of amides is 2. The lowest BCUT2D eigenvalue weighted by molar-refractivity contribution is 0.0988. The molecule has 0 saturated heterocycles. The van der Waals surface area contributed by atoms with Crippen LogP contribution in [0.5, 0.6) is 0 Å². The van der Waals surface area contributed by atoms with Crippen LogP contribution in [0.4, 0.5) is 5.13 Å². The van der Waals surface area contributed by atoms with Crippen molar-refractivity contribution in [1.29, 1.82) is 0 Å². The summed E-state index contributed by atoms with van der Waals surface area (Å²) in [5.74, 6) is -0.468. The lowest BCUT2D eigenvalue weighted by atomic mass is 10.2. The number of oxazole rings is 2. The zero-order valence-corrected chi connectivity index (χ0v) is 23.1. The van der Waals surface area contributed by atoms with E-state index < -0.39 is 11.8 Å². The van der Waals surface area contributed by atoms with Crippen molar-refractivity contribution in [2.75, 3.05) is 5.73 Å². The Bertz CT molecular complexity index is 1770. The molecule has 0 bridgehead atoms. The normalized spacial score (nSPS) is 10.5. The average Bonchev–Trinajstić information content (AvgIpc) is 3.66. The monoisotopic (exact) mass is 583 g/mol. The molecule has 0 unspecified atom stereocenters. The third-order valence-electron chi connectivity index (χ3n) is 4.99. The highest BCUT2D eigenvalue weighted by Crippen LogP contribution is 2.21. The molecular formula is C25H22ClN7O4S2. The van der Waals surface area contributed by atoms with Gasteiger partial charge in [0.1, 0.15) is 27.4 Å². The lowest BCUT2D eigenvalue weighted by Crippen LogP contribution is -2.11. The van der Waals surface area contributed by atoms with Gasteiger partial charge in [0.25, 0.3) is 17.2 Å². The number of halogens is 1. The fourth-order valence-electron chi connectivity index (χ4n) is 3.19. The molecule has 0 spiro atoms. The van der Waals surface area contributed by atoms with Gasteiger partial charge in [0, 0.05) is 10.8 Å². The Kier molecular flexibility index (Phi) is 8.54. The molecule has 11 nitrogen and oxygen atoms in total. The predicted octanol–water partition coefficient (Wildman–Crippen LogP) is 4.90. The standard InChI is InChI=1S/C13H11N3O2S.C8H6ClNO.C4H5N3OS/c1-7-2-3-8-10(4-7)18-11(15-8)5-12-16-9(6-19-12)13(14)17;1-5-2-3-6-7(4-5)11-8(9)10-6;5-3(8)2-1-9-4(6)7-2/h2-4,6H,5H2,1H3,(H2,14,17);2-4H,1H3;1H,(H2,5,8)(H2,6,7). The molecule has 200 valence electrons. The van der Waals surface area contributed by atoms with E-state index in [0.717, 1.165) is 38.3 Å². The van der Waals surface area contributed by atoms with Crippen LogP contribution >= 0.6 is 34.3 Å². The number of thiazole rings is 2. The first kappa shape index (κ1) is 27.7. The highest BCUT2D eigenvalue weighted by molar-refractivity contribution is 7.13. The molecule has 39 heavy (non-hydrogen) atoms.